The number of hydrogen-bond donors (Lipinski definition) is 0. The molecule has 4 heteroatoms. The van der Waals surface area contributed by atoms with E-state index in [2.05, 4.69) is 150 Å². The van der Waals surface area contributed by atoms with Gasteiger partial charge in [0.15, 0.2) is 5.82 Å². The van der Waals surface area contributed by atoms with Crippen molar-refractivity contribution in [1.82, 2.24) is 14.5 Å². The first-order chi connectivity index (χ1) is 25.8. The van der Waals surface area contributed by atoms with Crippen molar-refractivity contribution in [2.24, 2.45) is 0 Å². The van der Waals surface area contributed by atoms with Gasteiger partial charge in [-0.05, 0) is 82.6 Å². The molecule has 11 rings (SSSR count). The third-order valence-electron chi connectivity index (χ3n) is 10.4. The second-order valence-electron chi connectivity index (χ2n) is 13.4. The zero-order chi connectivity index (χ0) is 34.2. The number of furan rings is 1. The van der Waals surface area contributed by atoms with Gasteiger partial charge in [-0.15, -0.1) is 0 Å². The Labute approximate surface area is 298 Å². The van der Waals surface area contributed by atoms with Crippen LogP contribution in [-0.2, 0) is 0 Å². The smallest absolute Gasteiger partial charge is 0.161 e. The average Bonchev–Trinajstić information content (AvgIpc) is 3.74. The molecule has 4 nitrogen and oxygen atoms in total. The van der Waals surface area contributed by atoms with Crippen LogP contribution in [0.15, 0.2) is 180 Å². The maximum atomic E-state index is 6.47. The maximum absolute atomic E-state index is 6.47. The molecule has 0 fully saturated rings. The van der Waals surface area contributed by atoms with E-state index in [0.717, 1.165) is 66.5 Å². The predicted octanol–water partition coefficient (Wildman–Crippen LogP) is 12.8. The predicted molar refractivity (Wildman–Crippen MR) is 215 cm³/mol. The van der Waals surface area contributed by atoms with Crippen molar-refractivity contribution < 1.29 is 4.42 Å². The molecule has 0 radical (unpaired) electrons. The summed E-state index contributed by atoms with van der Waals surface area (Å²) in [5, 5.41) is 8.01. The third-order valence-corrected chi connectivity index (χ3v) is 10.4. The van der Waals surface area contributed by atoms with E-state index in [9.17, 15) is 0 Å². The van der Waals surface area contributed by atoms with Gasteiger partial charge < -0.3 is 8.98 Å². The van der Waals surface area contributed by atoms with E-state index in [1.807, 2.05) is 30.3 Å². The van der Waals surface area contributed by atoms with Gasteiger partial charge in [0.1, 0.15) is 11.2 Å². The van der Waals surface area contributed by atoms with Crippen LogP contribution < -0.4 is 0 Å². The summed E-state index contributed by atoms with van der Waals surface area (Å²) in [6, 6.07) is 62.0. The minimum absolute atomic E-state index is 0.679. The van der Waals surface area contributed by atoms with Gasteiger partial charge >= 0.3 is 0 Å². The Kier molecular flexibility index (Phi) is 6.22. The molecule has 0 bridgehead atoms. The number of rotatable bonds is 4. The normalized spacial score (nSPS) is 11.8. The van der Waals surface area contributed by atoms with Crippen molar-refractivity contribution >= 4 is 65.4 Å². The van der Waals surface area contributed by atoms with Crippen molar-refractivity contribution in [1.29, 1.82) is 0 Å². The molecule has 0 amide bonds. The summed E-state index contributed by atoms with van der Waals surface area (Å²) in [6.07, 6.45) is 0. The Morgan fingerprint density at radius 1 is 0.423 bits per heavy atom. The van der Waals surface area contributed by atoms with Crippen LogP contribution in [0, 0.1) is 0 Å². The fourth-order valence-electron chi connectivity index (χ4n) is 7.95. The Hall–Kier alpha value is -7.04. The van der Waals surface area contributed by atoms with Crippen LogP contribution >= 0.6 is 0 Å². The molecule has 0 spiro atoms. The van der Waals surface area contributed by atoms with E-state index in [-0.39, 0.29) is 0 Å². The van der Waals surface area contributed by atoms with Crippen molar-refractivity contribution in [3.05, 3.63) is 176 Å². The Morgan fingerprint density at radius 3 is 1.96 bits per heavy atom. The van der Waals surface area contributed by atoms with Crippen molar-refractivity contribution in [2.45, 2.75) is 0 Å². The van der Waals surface area contributed by atoms with Crippen LogP contribution in [0.25, 0.3) is 105 Å². The van der Waals surface area contributed by atoms with E-state index in [1.54, 1.807) is 0 Å². The SMILES string of the molecule is c1ccc(-c2nc(-c3cccc4oc5ccc(-c6ccc7c(c6)c6cc8ccccc8cc6n7-c6ccccc6)cc5c34)nc3ccccc23)cc1. The topological polar surface area (TPSA) is 43.9 Å². The van der Waals surface area contributed by atoms with Gasteiger partial charge in [-0.3, -0.25) is 0 Å². The lowest BCUT2D eigenvalue weighted by atomic mass is 9.98. The summed E-state index contributed by atoms with van der Waals surface area (Å²) < 4.78 is 8.85. The second kappa shape index (κ2) is 11.2. The number of nitrogens with zero attached hydrogens (tertiary/aromatic N) is 3. The molecule has 0 saturated carbocycles. The zero-order valence-corrected chi connectivity index (χ0v) is 28.0. The molecule has 0 unspecified atom stereocenters. The highest BCUT2D eigenvalue weighted by Crippen LogP contribution is 2.41. The number of aromatic nitrogens is 3. The molecule has 0 saturated heterocycles. The minimum Gasteiger partial charge on any atom is -0.456 e. The lowest BCUT2D eigenvalue weighted by Crippen LogP contribution is -1.95. The Balaban J connectivity index is 1.12. The molecule has 52 heavy (non-hydrogen) atoms. The van der Waals surface area contributed by atoms with Gasteiger partial charge in [-0.2, -0.15) is 0 Å². The van der Waals surface area contributed by atoms with Crippen LogP contribution in [-0.4, -0.2) is 14.5 Å². The molecule has 0 atom stereocenters. The Bertz CT molecular complexity index is 3180. The van der Waals surface area contributed by atoms with Crippen molar-refractivity contribution in [3.8, 4) is 39.5 Å². The molecule has 3 heterocycles. The van der Waals surface area contributed by atoms with E-state index >= 15 is 0 Å². The lowest BCUT2D eigenvalue weighted by Gasteiger charge is -2.10. The Morgan fingerprint density at radius 2 is 1.12 bits per heavy atom. The number of benzene rings is 8. The summed E-state index contributed by atoms with van der Waals surface area (Å²) in [5.41, 5.74) is 11.3. The van der Waals surface area contributed by atoms with Gasteiger partial charge in [0.05, 0.1) is 22.2 Å². The standard InChI is InChI=1S/C48H29N3O/c1-3-12-30(13-4-1)47-36-18-9-10-20-41(36)49-48(50-47)37-19-11-21-45-46(37)40-28-34(23-25-44(40)52-45)33-22-24-42-38(27-33)39-26-31-14-7-8-15-32(31)29-43(39)51(42)35-16-5-2-6-17-35/h1-29H. The molecule has 0 aliphatic rings. The van der Waals surface area contributed by atoms with E-state index in [0.29, 0.717) is 5.82 Å². The van der Waals surface area contributed by atoms with Crippen LogP contribution in [0.2, 0.25) is 0 Å². The van der Waals surface area contributed by atoms with Crippen LogP contribution in [0.3, 0.4) is 0 Å². The summed E-state index contributed by atoms with van der Waals surface area (Å²) in [4.78, 5) is 10.3. The number of para-hydroxylation sites is 2. The number of hydrogen-bond acceptors (Lipinski definition) is 3. The van der Waals surface area contributed by atoms with Gasteiger partial charge in [-0.1, -0.05) is 115 Å². The van der Waals surface area contributed by atoms with Crippen LogP contribution in [0.5, 0.6) is 0 Å². The fourth-order valence-corrected chi connectivity index (χ4v) is 7.95. The molecule has 11 aromatic rings. The summed E-state index contributed by atoms with van der Waals surface area (Å²) in [6.45, 7) is 0. The first kappa shape index (κ1) is 28.8. The molecule has 3 aromatic heterocycles. The van der Waals surface area contributed by atoms with Gasteiger partial charge in [0, 0.05) is 43.7 Å². The molecular weight excluding hydrogens is 635 g/mol. The molecule has 8 aromatic carbocycles. The monoisotopic (exact) mass is 663 g/mol. The first-order valence-electron chi connectivity index (χ1n) is 17.6. The molecule has 0 aliphatic carbocycles. The average molecular weight is 664 g/mol. The number of fused-ring (bicyclic) bond motifs is 8. The van der Waals surface area contributed by atoms with Gasteiger partial charge in [0.25, 0.3) is 0 Å². The second-order valence-corrected chi connectivity index (χ2v) is 13.4. The van der Waals surface area contributed by atoms with Gasteiger partial charge in [0.2, 0.25) is 0 Å². The van der Waals surface area contributed by atoms with E-state index in [1.165, 1.54) is 32.6 Å². The molecule has 0 aliphatic heterocycles. The van der Waals surface area contributed by atoms with E-state index in [4.69, 9.17) is 14.4 Å². The molecular formula is C48H29N3O. The van der Waals surface area contributed by atoms with Crippen molar-refractivity contribution in [3.63, 3.8) is 0 Å². The maximum Gasteiger partial charge on any atom is 0.161 e. The third kappa shape index (κ3) is 4.41. The van der Waals surface area contributed by atoms with E-state index < -0.39 is 0 Å². The van der Waals surface area contributed by atoms with Crippen LogP contribution in [0.4, 0.5) is 0 Å². The first-order valence-corrected chi connectivity index (χ1v) is 17.6. The fraction of sp³-hybridized carbons (Fsp3) is 0. The zero-order valence-electron chi connectivity index (χ0n) is 28.0. The minimum atomic E-state index is 0.679. The van der Waals surface area contributed by atoms with Gasteiger partial charge in [-0.25, -0.2) is 9.97 Å². The summed E-state index contributed by atoms with van der Waals surface area (Å²) >= 11 is 0. The largest absolute Gasteiger partial charge is 0.456 e. The molecule has 0 N–H and O–H groups in total. The highest BCUT2D eigenvalue weighted by molar-refractivity contribution is 6.16. The highest BCUT2D eigenvalue weighted by Gasteiger charge is 2.19. The highest BCUT2D eigenvalue weighted by atomic mass is 16.3. The summed E-state index contributed by atoms with van der Waals surface area (Å²) in [7, 11) is 0. The van der Waals surface area contributed by atoms with Crippen molar-refractivity contribution in [2.75, 3.05) is 0 Å². The quantitative estimate of drug-likeness (QED) is 0.188. The van der Waals surface area contributed by atoms with Crippen LogP contribution in [0.1, 0.15) is 0 Å². The lowest BCUT2D eigenvalue weighted by molar-refractivity contribution is 0.669. The molecule has 242 valence electrons. The summed E-state index contributed by atoms with van der Waals surface area (Å²) in [5.74, 6) is 0.679.